The first-order valence-electron chi connectivity index (χ1n) is 8.09. The highest BCUT2D eigenvalue weighted by atomic mass is 35.5. The number of carbonyl (C=O) groups is 2. The lowest BCUT2D eigenvalue weighted by Gasteiger charge is -2.20. The lowest BCUT2D eigenvalue weighted by Crippen LogP contribution is -2.36. The van der Waals surface area contributed by atoms with Gasteiger partial charge in [-0.05, 0) is 37.6 Å². The van der Waals surface area contributed by atoms with Crippen molar-refractivity contribution in [3.05, 3.63) is 58.6 Å². The Balaban J connectivity index is 1.97. The van der Waals surface area contributed by atoms with Gasteiger partial charge in [-0.2, -0.15) is 0 Å². The van der Waals surface area contributed by atoms with Gasteiger partial charge in [-0.3, -0.25) is 4.79 Å². The van der Waals surface area contributed by atoms with Gasteiger partial charge in [0.2, 0.25) is 0 Å². The van der Waals surface area contributed by atoms with E-state index in [9.17, 15) is 9.59 Å². The minimum Gasteiger partial charge on any atom is -0.479 e. The number of esters is 1. The first kappa shape index (κ1) is 20.1. The van der Waals surface area contributed by atoms with Crippen LogP contribution in [0, 0.1) is 0 Å². The van der Waals surface area contributed by atoms with Crippen LogP contribution in [0.1, 0.15) is 20.3 Å². The number of para-hydroxylation sites is 2. The van der Waals surface area contributed by atoms with Gasteiger partial charge in [-0.1, -0.05) is 54.4 Å². The van der Waals surface area contributed by atoms with Crippen LogP contribution in [0.3, 0.4) is 0 Å². The molecule has 0 aliphatic heterocycles. The molecule has 0 saturated carbocycles. The van der Waals surface area contributed by atoms with Crippen molar-refractivity contribution in [3.63, 3.8) is 0 Å². The van der Waals surface area contributed by atoms with Crippen molar-refractivity contribution in [2.75, 3.05) is 5.32 Å². The van der Waals surface area contributed by atoms with Crippen LogP contribution in [0.15, 0.2) is 48.5 Å². The van der Waals surface area contributed by atoms with E-state index in [4.69, 9.17) is 32.7 Å². The maximum absolute atomic E-state index is 12.3. The monoisotopic (exact) mass is 395 g/mol. The number of hydrogen-bond acceptors (Lipinski definition) is 4. The fraction of sp³-hybridized carbons (Fsp3) is 0.263. The van der Waals surface area contributed by atoms with Crippen molar-refractivity contribution in [2.24, 2.45) is 0 Å². The second-order valence-electron chi connectivity index (χ2n) is 5.49. The molecule has 7 heteroatoms. The maximum Gasteiger partial charge on any atom is 0.348 e. The number of halogens is 2. The number of carbonyl (C=O) groups excluding carboxylic acids is 2. The summed E-state index contributed by atoms with van der Waals surface area (Å²) in [6.45, 7) is 3.26. The van der Waals surface area contributed by atoms with E-state index < -0.39 is 24.1 Å². The zero-order valence-electron chi connectivity index (χ0n) is 14.4. The summed E-state index contributed by atoms with van der Waals surface area (Å²) in [4.78, 5) is 24.6. The molecule has 0 aromatic heterocycles. The molecule has 0 aliphatic carbocycles. The van der Waals surface area contributed by atoms with E-state index in [0.29, 0.717) is 22.2 Å². The first-order valence-corrected chi connectivity index (χ1v) is 8.85. The van der Waals surface area contributed by atoms with Crippen molar-refractivity contribution in [1.29, 1.82) is 0 Å². The zero-order chi connectivity index (χ0) is 19.1. The summed E-state index contributed by atoms with van der Waals surface area (Å²) in [6, 6.07) is 13.8. The highest BCUT2D eigenvalue weighted by Crippen LogP contribution is 2.30. The van der Waals surface area contributed by atoms with Crippen molar-refractivity contribution < 1.29 is 19.1 Å². The number of benzene rings is 2. The zero-order valence-corrected chi connectivity index (χ0v) is 15.9. The highest BCUT2D eigenvalue weighted by molar-refractivity contribution is 6.39. The van der Waals surface area contributed by atoms with Crippen LogP contribution in [0.4, 0.5) is 5.69 Å². The number of anilines is 1. The smallest absolute Gasteiger partial charge is 0.348 e. The fourth-order valence-electron chi connectivity index (χ4n) is 2.11. The van der Waals surface area contributed by atoms with E-state index >= 15 is 0 Å². The molecule has 0 heterocycles. The van der Waals surface area contributed by atoms with Gasteiger partial charge < -0.3 is 14.8 Å². The standard InChI is InChI=1S/C19H19Cl2NO4/c1-3-16(26-13-8-5-4-6-9-13)19(24)25-12(2)18(23)22-17-14(20)10-7-11-15(17)21/h4-12,16H,3H2,1-2H3,(H,22,23)/t12-,16+/m1/s1. The van der Waals surface area contributed by atoms with Crippen LogP contribution < -0.4 is 10.1 Å². The largest absolute Gasteiger partial charge is 0.479 e. The van der Waals surface area contributed by atoms with E-state index in [1.165, 1.54) is 6.92 Å². The highest BCUT2D eigenvalue weighted by Gasteiger charge is 2.26. The van der Waals surface area contributed by atoms with Crippen LogP contribution in [-0.4, -0.2) is 24.1 Å². The van der Waals surface area contributed by atoms with Crippen LogP contribution in [0.5, 0.6) is 5.75 Å². The van der Waals surface area contributed by atoms with E-state index in [1.54, 1.807) is 49.4 Å². The molecule has 2 aromatic rings. The van der Waals surface area contributed by atoms with Crippen LogP contribution in [0.25, 0.3) is 0 Å². The van der Waals surface area contributed by atoms with Crippen molar-refractivity contribution in [1.82, 2.24) is 0 Å². The summed E-state index contributed by atoms with van der Waals surface area (Å²) in [7, 11) is 0. The molecule has 0 fully saturated rings. The lowest BCUT2D eigenvalue weighted by molar-refractivity contribution is -0.160. The Morgan fingerprint density at radius 1 is 1.04 bits per heavy atom. The second-order valence-corrected chi connectivity index (χ2v) is 6.31. The van der Waals surface area contributed by atoms with Gasteiger partial charge in [0.1, 0.15) is 5.75 Å². The molecule has 2 atom stereocenters. The molecule has 0 bridgehead atoms. The number of nitrogens with one attached hydrogen (secondary N) is 1. The predicted molar refractivity (Wildman–Crippen MR) is 102 cm³/mol. The summed E-state index contributed by atoms with van der Waals surface area (Å²) in [5, 5.41) is 3.16. The number of hydrogen-bond donors (Lipinski definition) is 1. The minimum atomic E-state index is -1.04. The van der Waals surface area contributed by atoms with Gasteiger partial charge in [0.05, 0.1) is 15.7 Å². The average molecular weight is 396 g/mol. The molecule has 0 aliphatic rings. The third kappa shape index (κ3) is 5.38. The third-order valence-corrected chi connectivity index (χ3v) is 4.16. The molecule has 2 aromatic carbocycles. The molecule has 0 saturated heterocycles. The Kier molecular flexibility index (Phi) is 7.30. The number of amides is 1. The van der Waals surface area contributed by atoms with E-state index in [2.05, 4.69) is 5.32 Å². The van der Waals surface area contributed by atoms with Crippen LogP contribution >= 0.6 is 23.2 Å². The van der Waals surface area contributed by atoms with Gasteiger partial charge >= 0.3 is 5.97 Å². The van der Waals surface area contributed by atoms with Crippen molar-refractivity contribution in [3.8, 4) is 5.75 Å². The van der Waals surface area contributed by atoms with Gasteiger partial charge in [-0.25, -0.2) is 4.79 Å². The number of ether oxygens (including phenoxy) is 2. The molecule has 0 radical (unpaired) electrons. The molecular weight excluding hydrogens is 377 g/mol. The second kappa shape index (κ2) is 9.46. The van der Waals surface area contributed by atoms with Crippen molar-refractivity contribution in [2.45, 2.75) is 32.5 Å². The summed E-state index contributed by atoms with van der Waals surface area (Å²) < 4.78 is 10.8. The van der Waals surface area contributed by atoms with Gasteiger partial charge in [0.15, 0.2) is 12.2 Å². The molecular formula is C19H19Cl2NO4. The topological polar surface area (TPSA) is 64.6 Å². The molecule has 0 unspecified atom stereocenters. The Labute approximate surface area is 162 Å². The Morgan fingerprint density at radius 2 is 1.65 bits per heavy atom. The molecule has 0 spiro atoms. The van der Waals surface area contributed by atoms with E-state index in [1.807, 2.05) is 6.07 Å². The SMILES string of the molecule is CC[C@H](Oc1ccccc1)C(=O)O[C@H](C)C(=O)Nc1c(Cl)cccc1Cl. The Bertz CT molecular complexity index is 747. The molecule has 138 valence electrons. The molecule has 5 nitrogen and oxygen atoms in total. The Hall–Kier alpha value is -2.24. The predicted octanol–water partition coefficient (Wildman–Crippen LogP) is 4.72. The lowest BCUT2D eigenvalue weighted by atomic mass is 10.2. The molecule has 2 rings (SSSR count). The fourth-order valence-corrected chi connectivity index (χ4v) is 2.60. The van der Waals surface area contributed by atoms with Gasteiger partial charge in [0, 0.05) is 0 Å². The Morgan fingerprint density at radius 3 is 2.23 bits per heavy atom. The maximum atomic E-state index is 12.3. The van der Waals surface area contributed by atoms with Crippen LogP contribution in [-0.2, 0) is 14.3 Å². The molecule has 1 amide bonds. The van der Waals surface area contributed by atoms with E-state index in [-0.39, 0.29) is 5.69 Å². The third-order valence-electron chi connectivity index (χ3n) is 3.53. The summed E-state index contributed by atoms with van der Waals surface area (Å²) >= 11 is 12.0. The summed E-state index contributed by atoms with van der Waals surface area (Å²) in [6.07, 6.45) is -1.45. The normalized spacial score (nSPS) is 12.8. The van der Waals surface area contributed by atoms with Crippen LogP contribution in [0.2, 0.25) is 10.0 Å². The number of rotatable bonds is 7. The minimum absolute atomic E-state index is 0.274. The summed E-state index contributed by atoms with van der Waals surface area (Å²) in [5.41, 5.74) is 0.274. The van der Waals surface area contributed by atoms with E-state index in [0.717, 1.165) is 0 Å². The summed E-state index contributed by atoms with van der Waals surface area (Å²) in [5.74, 6) is -0.608. The molecule has 1 N–H and O–H groups in total. The average Bonchev–Trinajstić information content (AvgIpc) is 2.63. The molecule has 26 heavy (non-hydrogen) atoms. The first-order chi connectivity index (χ1) is 12.4. The van der Waals surface area contributed by atoms with Crippen molar-refractivity contribution >= 4 is 40.8 Å². The van der Waals surface area contributed by atoms with Gasteiger partial charge in [0.25, 0.3) is 5.91 Å². The van der Waals surface area contributed by atoms with Gasteiger partial charge in [-0.15, -0.1) is 0 Å². The quantitative estimate of drug-likeness (QED) is 0.688.